The van der Waals surface area contributed by atoms with E-state index in [1.165, 1.54) is 0 Å². The molecule has 1 nitrogen and oxygen atoms in total. The molecule has 0 aliphatic rings. The van der Waals surface area contributed by atoms with Crippen molar-refractivity contribution in [1.29, 1.82) is 5.26 Å². The molecule has 0 atom stereocenters. The van der Waals surface area contributed by atoms with Crippen LogP contribution in [0.5, 0.6) is 0 Å². The van der Waals surface area contributed by atoms with Crippen LogP contribution in [0, 0.1) is 11.3 Å². The van der Waals surface area contributed by atoms with E-state index in [2.05, 4.69) is 6.07 Å². The van der Waals surface area contributed by atoms with Gasteiger partial charge in [-0.1, -0.05) is 59.8 Å². The maximum atomic E-state index is 9.18. The predicted octanol–water partition coefficient (Wildman–Crippen LogP) is 5.52. The molecule has 3 heteroatoms. The minimum Gasteiger partial charge on any atom is -0.192 e. The third-order valence-corrected chi connectivity index (χ3v) is 4.65. The molecule has 0 saturated carbocycles. The largest absolute Gasteiger partial charge is 0.192 e. The first-order valence-electron chi connectivity index (χ1n) is 6.14. The van der Waals surface area contributed by atoms with Crippen LogP contribution in [0.25, 0.3) is 10.8 Å². The van der Waals surface area contributed by atoms with Crippen LogP contribution in [0.3, 0.4) is 0 Å². The lowest BCUT2D eigenvalue weighted by atomic mass is 10.1. The van der Waals surface area contributed by atoms with Crippen LogP contribution in [0.15, 0.2) is 70.5 Å². The van der Waals surface area contributed by atoms with Crippen LogP contribution in [0.4, 0.5) is 0 Å². The Balaban J connectivity index is 2.14. The van der Waals surface area contributed by atoms with Gasteiger partial charge in [0.05, 0.1) is 16.7 Å². The summed E-state index contributed by atoms with van der Waals surface area (Å²) in [6, 6.07) is 21.8. The number of rotatable bonds is 2. The summed E-state index contributed by atoms with van der Waals surface area (Å²) >= 11 is 7.83. The van der Waals surface area contributed by atoms with Crippen molar-refractivity contribution in [2.24, 2.45) is 0 Å². The fraction of sp³-hybridized carbons (Fsp3) is 0. The predicted molar refractivity (Wildman–Crippen MR) is 84.2 cm³/mol. The molecule has 0 heterocycles. The number of nitrogens with zero attached hydrogens (tertiary/aromatic N) is 1. The van der Waals surface area contributed by atoms with Crippen molar-refractivity contribution >= 4 is 34.1 Å². The fourth-order valence-corrected chi connectivity index (χ4v) is 3.33. The van der Waals surface area contributed by atoms with Crippen molar-refractivity contribution in [3.8, 4) is 6.07 Å². The molecule has 0 saturated heterocycles. The van der Waals surface area contributed by atoms with E-state index in [0.717, 1.165) is 25.6 Å². The zero-order valence-electron chi connectivity index (χ0n) is 10.5. The van der Waals surface area contributed by atoms with E-state index < -0.39 is 0 Å². The Morgan fingerprint density at radius 3 is 2.25 bits per heavy atom. The molecule has 3 rings (SSSR count). The van der Waals surface area contributed by atoms with Gasteiger partial charge in [0.1, 0.15) is 0 Å². The number of halogens is 1. The van der Waals surface area contributed by atoms with E-state index in [4.69, 9.17) is 11.6 Å². The van der Waals surface area contributed by atoms with Gasteiger partial charge in [-0.2, -0.15) is 5.26 Å². The highest BCUT2D eigenvalue weighted by Crippen LogP contribution is 2.37. The van der Waals surface area contributed by atoms with Gasteiger partial charge in [0, 0.05) is 15.2 Å². The normalized spacial score (nSPS) is 10.4. The van der Waals surface area contributed by atoms with Gasteiger partial charge in [-0.25, -0.2) is 0 Å². The van der Waals surface area contributed by atoms with Gasteiger partial charge in [-0.05, 0) is 29.7 Å². The topological polar surface area (TPSA) is 23.8 Å². The van der Waals surface area contributed by atoms with E-state index >= 15 is 0 Å². The summed E-state index contributed by atoms with van der Waals surface area (Å²) in [6.07, 6.45) is 0. The summed E-state index contributed by atoms with van der Waals surface area (Å²) in [5.41, 5.74) is 0.698. The second kappa shape index (κ2) is 5.58. The first kappa shape index (κ1) is 13.1. The molecule has 0 aromatic heterocycles. The molecule has 20 heavy (non-hydrogen) atoms. The summed E-state index contributed by atoms with van der Waals surface area (Å²) in [6.45, 7) is 0. The molecule has 0 radical (unpaired) electrons. The third kappa shape index (κ3) is 2.38. The maximum absolute atomic E-state index is 9.18. The number of nitriles is 1. The first-order chi connectivity index (χ1) is 9.79. The number of hydrogen-bond donors (Lipinski definition) is 0. The average molecular weight is 296 g/mol. The third-order valence-electron chi connectivity index (χ3n) is 3.06. The van der Waals surface area contributed by atoms with Crippen molar-refractivity contribution in [3.63, 3.8) is 0 Å². The summed E-state index contributed by atoms with van der Waals surface area (Å²) in [5, 5.41) is 12.0. The molecule has 0 aliphatic carbocycles. The smallest absolute Gasteiger partial charge is 0.0998 e. The summed E-state index contributed by atoms with van der Waals surface area (Å²) < 4.78 is 0. The van der Waals surface area contributed by atoms with Crippen molar-refractivity contribution in [2.75, 3.05) is 0 Å². The Kier molecular flexibility index (Phi) is 3.64. The van der Waals surface area contributed by atoms with E-state index in [1.54, 1.807) is 11.8 Å². The van der Waals surface area contributed by atoms with Gasteiger partial charge < -0.3 is 0 Å². The highest BCUT2D eigenvalue weighted by Gasteiger charge is 2.08. The zero-order valence-corrected chi connectivity index (χ0v) is 12.1. The van der Waals surface area contributed by atoms with Gasteiger partial charge >= 0.3 is 0 Å². The van der Waals surface area contributed by atoms with Gasteiger partial charge in [-0.3, -0.25) is 0 Å². The molecule has 0 fully saturated rings. The molecule has 0 aliphatic heterocycles. The van der Waals surface area contributed by atoms with Crippen LogP contribution in [0.2, 0.25) is 5.02 Å². The quantitative estimate of drug-likeness (QED) is 0.622. The van der Waals surface area contributed by atoms with E-state index in [-0.39, 0.29) is 0 Å². The minimum absolute atomic E-state index is 0.698. The van der Waals surface area contributed by atoms with Crippen LogP contribution in [0.1, 0.15) is 5.56 Å². The molecule has 0 spiro atoms. The molecular weight excluding hydrogens is 286 g/mol. The van der Waals surface area contributed by atoms with Crippen molar-refractivity contribution < 1.29 is 0 Å². The van der Waals surface area contributed by atoms with E-state index in [9.17, 15) is 5.26 Å². The van der Waals surface area contributed by atoms with Crippen molar-refractivity contribution in [3.05, 3.63) is 71.2 Å². The molecule has 3 aromatic carbocycles. The summed E-state index contributed by atoms with van der Waals surface area (Å²) in [5.74, 6) is 0. The highest BCUT2D eigenvalue weighted by atomic mass is 35.5. The lowest BCUT2D eigenvalue weighted by Gasteiger charge is -2.08. The molecule has 96 valence electrons. The molecule has 0 amide bonds. The molecule has 0 bridgehead atoms. The number of hydrogen-bond acceptors (Lipinski definition) is 2. The molecule has 0 N–H and O–H groups in total. The Bertz CT molecular complexity index is 821. The Hall–Kier alpha value is -1.95. The lowest BCUT2D eigenvalue weighted by Crippen LogP contribution is -1.83. The Morgan fingerprint density at radius 1 is 0.800 bits per heavy atom. The van der Waals surface area contributed by atoms with Gasteiger partial charge in [0.25, 0.3) is 0 Å². The van der Waals surface area contributed by atoms with Gasteiger partial charge in [0.2, 0.25) is 0 Å². The average Bonchev–Trinajstić information content (AvgIpc) is 2.50. The van der Waals surface area contributed by atoms with Gasteiger partial charge in [0.15, 0.2) is 0 Å². The number of fused-ring (bicyclic) bond motifs is 1. The maximum Gasteiger partial charge on any atom is 0.0998 e. The van der Waals surface area contributed by atoms with Crippen molar-refractivity contribution in [2.45, 2.75) is 9.79 Å². The highest BCUT2D eigenvalue weighted by molar-refractivity contribution is 7.99. The zero-order chi connectivity index (χ0) is 13.9. The minimum atomic E-state index is 0.698. The Morgan fingerprint density at radius 2 is 1.50 bits per heavy atom. The van der Waals surface area contributed by atoms with Crippen LogP contribution < -0.4 is 0 Å². The summed E-state index contributed by atoms with van der Waals surface area (Å²) in [4.78, 5) is 2.12. The summed E-state index contributed by atoms with van der Waals surface area (Å²) in [7, 11) is 0. The van der Waals surface area contributed by atoms with Crippen LogP contribution in [-0.4, -0.2) is 0 Å². The van der Waals surface area contributed by atoms with E-state index in [1.807, 2.05) is 60.7 Å². The second-order valence-electron chi connectivity index (χ2n) is 4.30. The molecular formula is C17H10ClNS. The molecule has 3 aromatic rings. The van der Waals surface area contributed by atoms with Gasteiger partial charge in [-0.15, -0.1) is 0 Å². The van der Waals surface area contributed by atoms with Crippen LogP contribution in [-0.2, 0) is 0 Å². The Labute approximate surface area is 126 Å². The van der Waals surface area contributed by atoms with Crippen molar-refractivity contribution in [1.82, 2.24) is 0 Å². The first-order valence-corrected chi connectivity index (χ1v) is 7.33. The fourth-order valence-electron chi connectivity index (χ4n) is 2.10. The molecule has 0 unspecified atom stereocenters. The number of benzene rings is 3. The van der Waals surface area contributed by atoms with Crippen LogP contribution >= 0.6 is 23.4 Å². The monoisotopic (exact) mass is 295 g/mol. The standard InChI is InChI=1S/C17H10ClNS/c18-15-7-3-4-8-17(15)20-16-10-9-12(11-19)13-5-1-2-6-14(13)16/h1-10H. The SMILES string of the molecule is N#Cc1ccc(Sc2ccccc2Cl)c2ccccc12. The second-order valence-corrected chi connectivity index (χ2v) is 5.79. The van der Waals surface area contributed by atoms with E-state index in [0.29, 0.717) is 5.56 Å². The lowest BCUT2D eigenvalue weighted by molar-refractivity contribution is 1.43.